The van der Waals surface area contributed by atoms with Crippen LogP contribution < -0.4 is 15.5 Å². The number of thiocarbonyl (C=S) groups is 1. The summed E-state index contributed by atoms with van der Waals surface area (Å²) < 4.78 is 0. The van der Waals surface area contributed by atoms with Gasteiger partial charge in [-0.2, -0.15) is 0 Å². The Balaban J connectivity index is 1.57. The van der Waals surface area contributed by atoms with Crippen molar-refractivity contribution >= 4 is 28.7 Å². The average Bonchev–Trinajstić information content (AvgIpc) is 2.62. The Kier molecular flexibility index (Phi) is 5.87. The molecule has 132 valence electrons. The van der Waals surface area contributed by atoms with Crippen LogP contribution in [0.3, 0.4) is 0 Å². The van der Waals surface area contributed by atoms with Gasteiger partial charge < -0.3 is 15.5 Å². The van der Waals surface area contributed by atoms with Crippen molar-refractivity contribution < 1.29 is 0 Å². The van der Waals surface area contributed by atoms with E-state index < -0.39 is 0 Å². The van der Waals surface area contributed by atoms with Gasteiger partial charge in [-0.25, -0.2) is 0 Å². The number of nitrogens with zero attached hydrogens (tertiary/aromatic N) is 2. The van der Waals surface area contributed by atoms with Crippen molar-refractivity contribution in [2.45, 2.75) is 32.7 Å². The zero-order chi connectivity index (χ0) is 17.6. The zero-order valence-electron chi connectivity index (χ0n) is 14.9. The summed E-state index contributed by atoms with van der Waals surface area (Å²) in [6, 6.07) is 12.8. The summed E-state index contributed by atoms with van der Waals surface area (Å²) in [7, 11) is 0. The lowest BCUT2D eigenvalue weighted by Crippen LogP contribution is -2.34. The standard InChI is InChI=1S/C20H26N4S/c1-15-4-3-13-24(14-15)19-7-5-17(6-8-19)16(2)22-20(25)23-18-9-11-21-12-10-18/h5-12,15-16H,3-4,13-14H2,1-2H3,(H2,21,22,23,25)/t15-,16-/m1/s1. The molecule has 0 aliphatic carbocycles. The van der Waals surface area contributed by atoms with Gasteiger partial charge in [0.05, 0.1) is 6.04 Å². The Hall–Kier alpha value is -2.14. The number of hydrogen-bond donors (Lipinski definition) is 2. The second kappa shape index (κ2) is 8.30. The second-order valence-electron chi connectivity index (χ2n) is 6.84. The van der Waals surface area contributed by atoms with E-state index in [9.17, 15) is 0 Å². The summed E-state index contributed by atoms with van der Waals surface area (Å²) in [5, 5.41) is 7.14. The number of nitrogens with one attached hydrogen (secondary N) is 2. The van der Waals surface area contributed by atoms with Gasteiger partial charge in [0.15, 0.2) is 5.11 Å². The van der Waals surface area contributed by atoms with E-state index in [4.69, 9.17) is 12.2 Å². The average molecular weight is 355 g/mol. The zero-order valence-corrected chi connectivity index (χ0v) is 15.7. The van der Waals surface area contributed by atoms with E-state index in [0.29, 0.717) is 5.11 Å². The van der Waals surface area contributed by atoms with Crippen LogP contribution in [0.2, 0.25) is 0 Å². The van der Waals surface area contributed by atoms with Crippen LogP contribution in [0.25, 0.3) is 0 Å². The molecule has 0 unspecified atom stereocenters. The highest BCUT2D eigenvalue weighted by molar-refractivity contribution is 7.80. The second-order valence-corrected chi connectivity index (χ2v) is 7.25. The summed E-state index contributed by atoms with van der Waals surface area (Å²) in [5.74, 6) is 0.783. The minimum atomic E-state index is 0.149. The van der Waals surface area contributed by atoms with Crippen molar-refractivity contribution in [2.75, 3.05) is 23.3 Å². The van der Waals surface area contributed by atoms with E-state index in [2.05, 4.69) is 58.6 Å². The first-order valence-electron chi connectivity index (χ1n) is 8.94. The monoisotopic (exact) mass is 354 g/mol. The number of aromatic nitrogens is 1. The molecule has 0 spiro atoms. The highest BCUT2D eigenvalue weighted by Gasteiger charge is 2.16. The molecular weight excluding hydrogens is 328 g/mol. The van der Waals surface area contributed by atoms with Gasteiger partial charge in [-0.15, -0.1) is 0 Å². The number of piperidine rings is 1. The highest BCUT2D eigenvalue weighted by atomic mass is 32.1. The molecule has 5 heteroatoms. The molecule has 2 aromatic rings. The molecule has 1 saturated heterocycles. The van der Waals surface area contributed by atoms with E-state index >= 15 is 0 Å². The molecule has 0 bridgehead atoms. The van der Waals surface area contributed by atoms with Crippen LogP contribution in [-0.4, -0.2) is 23.2 Å². The van der Waals surface area contributed by atoms with Gasteiger partial charge in [0, 0.05) is 36.9 Å². The predicted octanol–water partition coefficient (Wildman–Crippen LogP) is 4.37. The Bertz CT molecular complexity index is 687. The van der Waals surface area contributed by atoms with Gasteiger partial charge in [-0.3, -0.25) is 4.98 Å². The van der Waals surface area contributed by atoms with Gasteiger partial charge in [0.1, 0.15) is 0 Å². The van der Waals surface area contributed by atoms with Crippen molar-refractivity contribution in [2.24, 2.45) is 5.92 Å². The van der Waals surface area contributed by atoms with Gasteiger partial charge in [0.25, 0.3) is 0 Å². The Morgan fingerprint density at radius 3 is 2.60 bits per heavy atom. The van der Waals surface area contributed by atoms with Crippen molar-refractivity contribution in [3.8, 4) is 0 Å². The van der Waals surface area contributed by atoms with Crippen LogP contribution in [0.15, 0.2) is 48.8 Å². The van der Waals surface area contributed by atoms with E-state index in [1.807, 2.05) is 12.1 Å². The fourth-order valence-electron chi connectivity index (χ4n) is 3.28. The van der Waals surface area contributed by atoms with E-state index in [0.717, 1.165) is 24.7 Å². The lowest BCUT2D eigenvalue weighted by Gasteiger charge is -2.33. The quantitative estimate of drug-likeness (QED) is 0.798. The summed E-state index contributed by atoms with van der Waals surface area (Å²) >= 11 is 5.40. The summed E-state index contributed by atoms with van der Waals surface area (Å²) in [6.45, 7) is 6.78. The number of anilines is 2. The number of hydrogen-bond acceptors (Lipinski definition) is 3. The first kappa shape index (κ1) is 17.7. The molecule has 25 heavy (non-hydrogen) atoms. The van der Waals surface area contributed by atoms with Gasteiger partial charge in [-0.05, 0) is 67.7 Å². The number of pyridine rings is 1. The third kappa shape index (κ3) is 4.92. The fourth-order valence-corrected chi connectivity index (χ4v) is 3.57. The van der Waals surface area contributed by atoms with Crippen LogP contribution >= 0.6 is 12.2 Å². The Morgan fingerprint density at radius 1 is 1.20 bits per heavy atom. The van der Waals surface area contributed by atoms with Crippen LogP contribution in [0, 0.1) is 5.92 Å². The molecule has 2 atom stereocenters. The smallest absolute Gasteiger partial charge is 0.171 e. The van der Waals surface area contributed by atoms with Crippen molar-refractivity contribution in [3.05, 3.63) is 54.4 Å². The molecule has 1 aromatic heterocycles. The molecule has 0 radical (unpaired) electrons. The van der Waals surface area contributed by atoms with Crippen molar-refractivity contribution in [1.29, 1.82) is 0 Å². The molecule has 1 aromatic carbocycles. The lowest BCUT2D eigenvalue weighted by molar-refractivity contribution is 0.447. The molecular formula is C20H26N4S. The van der Waals surface area contributed by atoms with Crippen LogP contribution in [0.5, 0.6) is 0 Å². The van der Waals surface area contributed by atoms with Crippen LogP contribution in [0.4, 0.5) is 11.4 Å². The Labute approximate surface area is 155 Å². The topological polar surface area (TPSA) is 40.2 Å². The van der Waals surface area contributed by atoms with Crippen LogP contribution in [0.1, 0.15) is 38.3 Å². The normalized spacial score (nSPS) is 18.5. The van der Waals surface area contributed by atoms with E-state index in [-0.39, 0.29) is 6.04 Å². The Morgan fingerprint density at radius 2 is 1.92 bits per heavy atom. The third-order valence-corrected chi connectivity index (χ3v) is 4.92. The molecule has 4 nitrogen and oxygen atoms in total. The van der Waals surface area contributed by atoms with Crippen molar-refractivity contribution in [1.82, 2.24) is 10.3 Å². The number of rotatable bonds is 4. The number of benzene rings is 1. The van der Waals surface area contributed by atoms with Crippen LogP contribution in [-0.2, 0) is 0 Å². The lowest BCUT2D eigenvalue weighted by atomic mass is 9.99. The van der Waals surface area contributed by atoms with Crippen molar-refractivity contribution in [3.63, 3.8) is 0 Å². The summed E-state index contributed by atoms with van der Waals surface area (Å²) in [6.07, 6.45) is 6.12. The molecule has 2 N–H and O–H groups in total. The third-order valence-electron chi connectivity index (χ3n) is 4.70. The molecule has 1 aliphatic rings. The minimum Gasteiger partial charge on any atom is -0.371 e. The largest absolute Gasteiger partial charge is 0.371 e. The first-order valence-corrected chi connectivity index (χ1v) is 9.35. The summed E-state index contributed by atoms with van der Waals surface area (Å²) in [4.78, 5) is 6.50. The maximum atomic E-state index is 5.40. The van der Waals surface area contributed by atoms with Gasteiger partial charge in [-0.1, -0.05) is 19.1 Å². The maximum Gasteiger partial charge on any atom is 0.171 e. The van der Waals surface area contributed by atoms with E-state index in [1.54, 1.807) is 12.4 Å². The molecule has 1 fully saturated rings. The minimum absolute atomic E-state index is 0.149. The summed E-state index contributed by atoms with van der Waals surface area (Å²) in [5.41, 5.74) is 3.49. The highest BCUT2D eigenvalue weighted by Crippen LogP contribution is 2.24. The van der Waals surface area contributed by atoms with Gasteiger partial charge in [0.2, 0.25) is 0 Å². The molecule has 0 amide bonds. The molecule has 3 rings (SSSR count). The molecule has 1 aliphatic heterocycles. The van der Waals surface area contributed by atoms with Gasteiger partial charge >= 0.3 is 0 Å². The SMILES string of the molecule is C[C@@H]1CCCN(c2ccc([C@@H](C)NC(=S)Nc3ccncc3)cc2)C1. The molecule has 2 heterocycles. The molecule has 0 saturated carbocycles. The predicted molar refractivity (Wildman–Crippen MR) is 109 cm³/mol. The fraction of sp³-hybridized carbons (Fsp3) is 0.400. The first-order chi connectivity index (χ1) is 12.1. The maximum absolute atomic E-state index is 5.40. The van der Waals surface area contributed by atoms with E-state index in [1.165, 1.54) is 24.1 Å².